The van der Waals surface area contributed by atoms with Gasteiger partial charge in [-0.3, -0.25) is 0 Å². The summed E-state index contributed by atoms with van der Waals surface area (Å²) >= 11 is 4.53. The Morgan fingerprint density at radius 1 is 1.11 bits per heavy atom. The lowest BCUT2D eigenvalue weighted by Crippen LogP contribution is -2.25. The largest absolute Gasteiger partial charge is 0.254 e. The minimum Gasteiger partial charge on any atom is -0.206 e. The summed E-state index contributed by atoms with van der Waals surface area (Å²) in [6, 6.07) is 9.61. The van der Waals surface area contributed by atoms with Crippen LogP contribution in [0.15, 0.2) is 44.4 Å². The van der Waals surface area contributed by atoms with Crippen LogP contribution < -0.4 is 0 Å². The van der Waals surface area contributed by atoms with Gasteiger partial charge in [-0.1, -0.05) is 24.3 Å². The van der Waals surface area contributed by atoms with Crippen molar-refractivity contribution in [2.45, 2.75) is 17.3 Å². The first kappa shape index (κ1) is 12.3. The first-order chi connectivity index (χ1) is 8.59. The first-order valence-electron chi connectivity index (χ1n) is 5.39. The standard InChI is InChI=1S/C12H10BrNO2S2/c13-11-5-6-17-12(11)18(15,16)14-7-9-3-1-2-4-10(9)8-14/h1-6H,7-8H2. The molecule has 0 unspecified atom stereocenters. The molecule has 6 heteroatoms. The number of hydrogen-bond acceptors (Lipinski definition) is 3. The van der Waals surface area contributed by atoms with Gasteiger partial charge in [-0.15, -0.1) is 11.3 Å². The van der Waals surface area contributed by atoms with Crippen LogP contribution in [0.1, 0.15) is 11.1 Å². The fourth-order valence-electron chi connectivity index (χ4n) is 2.05. The third kappa shape index (κ3) is 1.93. The second-order valence-corrected chi connectivity index (χ2v) is 8.00. The molecule has 2 heterocycles. The van der Waals surface area contributed by atoms with Crippen LogP contribution in [0.4, 0.5) is 0 Å². The average molecular weight is 344 g/mol. The Morgan fingerprint density at radius 2 is 1.72 bits per heavy atom. The highest BCUT2D eigenvalue weighted by Crippen LogP contribution is 2.34. The number of fused-ring (bicyclic) bond motifs is 1. The quantitative estimate of drug-likeness (QED) is 0.839. The van der Waals surface area contributed by atoms with Crippen LogP contribution in [0.5, 0.6) is 0 Å². The summed E-state index contributed by atoms with van der Waals surface area (Å²) in [5.41, 5.74) is 2.18. The molecule has 94 valence electrons. The topological polar surface area (TPSA) is 37.4 Å². The SMILES string of the molecule is O=S(=O)(c1sccc1Br)N1Cc2ccccc2C1. The number of halogens is 1. The first-order valence-corrected chi connectivity index (χ1v) is 8.50. The van der Waals surface area contributed by atoms with E-state index in [1.165, 1.54) is 15.6 Å². The molecule has 1 aliphatic heterocycles. The van der Waals surface area contributed by atoms with Crippen molar-refractivity contribution in [3.05, 3.63) is 51.3 Å². The van der Waals surface area contributed by atoms with E-state index < -0.39 is 10.0 Å². The van der Waals surface area contributed by atoms with Crippen molar-refractivity contribution in [3.8, 4) is 0 Å². The molecule has 1 aliphatic rings. The van der Waals surface area contributed by atoms with Gasteiger partial charge in [0.1, 0.15) is 4.21 Å². The van der Waals surface area contributed by atoms with Crippen molar-refractivity contribution in [3.63, 3.8) is 0 Å². The third-order valence-electron chi connectivity index (χ3n) is 2.97. The van der Waals surface area contributed by atoms with Crippen molar-refractivity contribution in [1.29, 1.82) is 0 Å². The van der Waals surface area contributed by atoms with Gasteiger partial charge in [0.2, 0.25) is 0 Å². The fourth-order valence-corrected chi connectivity index (χ4v) is 5.90. The number of rotatable bonds is 2. The van der Waals surface area contributed by atoms with Gasteiger partial charge in [-0.05, 0) is 38.5 Å². The van der Waals surface area contributed by atoms with E-state index in [2.05, 4.69) is 15.9 Å². The lowest BCUT2D eigenvalue weighted by atomic mass is 10.1. The van der Waals surface area contributed by atoms with Crippen molar-refractivity contribution < 1.29 is 8.42 Å². The van der Waals surface area contributed by atoms with Gasteiger partial charge < -0.3 is 0 Å². The molecule has 3 nitrogen and oxygen atoms in total. The molecule has 0 saturated heterocycles. The second kappa shape index (κ2) is 4.45. The summed E-state index contributed by atoms with van der Waals surface area (Å²) < 4.78 is 27.5. The molecule has 2 aromatic rings. The number of thiophene rings is 1. The molecule has 0 saturated carbocycles. The van der Waals surface area contributed by atoms with Crippen molar-refractivity contribution in [2.75, 3.05) is 0 Å². The lowest BCUT2D eigenvalue weighted by Gasteiger charge is -2.14. The molecular weight excluding hydrogens is 334 g/mol. The second-order valence-electron chi connectivity index (χ2n) is 4.10. The molecule has 18 heavy (non-hydrogen) atoms. The van der Waals surface area contributed by atoms with Gasteiger partial charge in [0.15, 0.2) is 0 Å². The predicted molar refractivity (Wildman–Crippen MR) is 74.9 cm³/mol. The normalized spacial score (nSPS) is 15.8. The molecule has 1 aromatic carbocycles. The zero-order valence-electron chi connectivity index (χ0n) is 9.34. The van der Waals surface area contributed by atoms with Crippen molar-refractivity contribution >= 4 is 37.3 Å². The van der Waals surface area contributed by atoms with Gasteiger partial charge >= 0.3 is 0 Å². The predicted octanol–water partition coefficient (Wildman–Crippen LogP) is 3.22. The molecule has 0 atom stereocenters. The summed E-state index contributed by atoms with van der Waals surface area (Å²) in [7, 11) is -3.39. The Labute approximate surface area is 118 Å². The smallest absolute Gasteiger partial charge is 0.206 e. The Balaban J connectivity index is 1.98. The molecule has 0 amide bonds. The van der Waals surface area contributed by atoms with E-state index in [1.807, 2.05) is 24.3 Å². The lowest BCUT2D eigenvalue weighted by molar-refractivity contribution is 0.433. The van der Waals surface area contributed by atoms with Crippen LogP contribution >= 0.6 is 27.3 Å². The average Bonchev–Trinajstić information content (AvgIpc) is 2.94. The van der Waals surface area contributed by atoms with E-state index in [0.717, 1.165) is 11.1 Å². The van der Waals surface area contributed by atoms with Crippen LogP contribution in [-0.2, 0) is 23.1 Å². The molecule has 0 N–H and O–H groups in total. The Hall–Kier alpha value is -0.690. The highest BCUT2D eigenvalue weighted by Gasteiger charge is 2.32. The van der Waals surface area contributed by atoms with Gasteiger partial charge in [0.25, 0.3) is 10.0 Å². The third-order valence-corrected chi connectivity index (χ3v) is 7.41. The molecule has 3 rings (SSSR count). The maximum atomic E-state index is 12.5. The van der Waals surface area contributed by atoms with E-state index in [9.17, 15) is 8.42 Å². The number of benzene rings is 1. The van der Waals surface area contributed by atoms with Gasteiger partial charge in [-0.25, -0.2) is 8.42 Å². The van der Waals surface area contributed by atoms with Crippen LogP contribution in [0.3, 0.4) is 0 Å². The number of hydrogen-bond donors (Lipinski definition) is 0. The maximum Gasteiger partial charge on any atom is 0.254 e. The van der Waals surface area contributed by atoms with Crippen LogP contribution in [-0.4, -0.2) is 12.7 Å². The van der Waals surface area contributed by atoms with Gasteiger partial charge in [0.05, 0.1) is 0 Å². The Bertz CT molecular complexity index is 669. The van der Waals surface area contributed by atoms with Gasteiger partial charge in [-0.2, -0.15) is 4.31 Å². The van der Waals surface area contributed by atoms with Crippen molar-refractivity contribution in [2.24, 2.45) is 0 Å². The van der Waals surface area contributed by atoms with E-state index >= 15 is 0 Å². The van der Waals surface area contributed by atoms with E-state index in [4.69, 9.17) is 0 Å². The molecule has 0 spiro atoms. The zero-order valence-corrected chi connectivity index (χ0v) is 12.6. The number of sulfonamides is 1. The summed E-state index contributed by atoms with van der Waals surface area (Å²) in [5, 5.41) is 1.78. The summed E-state index contributed by atoms with van der Waals surface area (Å²) in [4.78, 5) is 0. The molecule has 0 aliphatic carbocycles. The van der Waals surface area contributed by atoms with Gasteiger partial charge in [0, 0.05) is 17.6 Å². The maximum absolute atomic E-state index is 12.5. The van der Waals surface area contributed by atoms with E-state index in [0.29, 0.717) is 21.8 Å². The summed E-state index contributed by atoms with van der Waals surface area (Å²) in [5.74, 6) is 0. The summed E-state index contributed by atoms with van der Waals surface area (Å²) in [6.07, 6.45) is 0. The zero-order chi connectivity index (χ0) is 12.8. The highest BCUT2D eigenvalue weighted by atomic mass is 79.9. The molecule has 0 radical (unpaired) electrons. The molecule has 0 fully saturated rings. The molecule has 1 aromatic heterocycles. The Kier molecular flexibility index (Phi) is 3.05. The Morgan fingerprint density at radius 3 is 2.22 bits per heavy atom. The van der Waals surface area contributed by atoms with Crippen LogP contribution in [0.2, 0.25) is 0 Å². The van der Waals surface area contributed by atoms with Crippen LogP contribution in [0, 0.1) is 0 Å². The monoisotopic (exact) mass is 343 g/mol. The highest BCUT2D eigenvalue weighted by molar-refractivity contribution is 9.10. The van der Waals surface area contributed by atoms with E-state index in [-0.39, 0.29) is 0 Å². The minimum atomic E-state index is -3.39. The van der Waals surface area contributed by atoms with Crippen molar-refractivity contribution in [1.82, 2.24) is 4.31 Å². The van der Waals surface area contributed by atoms with Crippen LogP contribution in [0.25, 0.3) is 0 Å². The summed E-state index contributed by atoms with van der Waals surface area (Å²) in [6.45, 7) is 0.922. The van der Waals surface area contributed by atoms with E-state index in [1.54, 1.807) is 11.4 Å². The minimum absolute atomic E-state index is 0.385. The molecule has 0 bridgehead atoms. The fraction of sp³-hybridized carbons (Fsp3) is 0.167. The number of nitrogens with zero attached hydrogens (tertiary/aromatic N) is 1. The molecular formula is C12H10BrNO2S2.